The molecule has 1 aliphatic rings. The third-order valence-electron chi connectivity index (χ3n) is 3.71. The molecule has 0 aromatic heterocycles. The van der Waals surface area contributed by atoms with Crippen LogP contribution < -0.4 is 0 Å². The molecule has 0 heterocycles. The third-order valence-corrected chi connectivity index (χ3v) is 5.10. The summed E-state index contributed by atoms with van der Waals surface area (Å²) in [4.78, 5) is 0. The Morgan fingerprint density at radius 3 is 2.47 bits per heavy atom. The monoisotopic (exact) mass is 354 g/mol. The second-order valence-corrected chi connectivity index (χ2v) is 6.08. The smallest absolute Gasteiger partial charge is 0.0772 e. The first-order valence-electron chi connectivity index (χ1n) is 7.00. The van der Waals surface area contributed by atoms with E-state index in [1.807, 2.05) is 0 Å². The van der Waals surface area contributed by atoms with Gasteiger partial charge in [0.1, 0.15) is 0 Å². The Kier molecular flexibility index (Phi) is 8.04. The topological polar surface area (TPSA) is 18.5 Å². The number of unbranched alkanes of at least 4 members (excludes halogenated alkanes) is 1. The fourth-order valence-corrected chi connectivity index (χ4v) is 3.25. The van der Waals surface area contributed by atoms with Gasteiger partial charge in [0.15, 0.2) is 0 Å². The molecule has 0 N–H and O–H groups in total. The van der Waals surface area contributed by atoms with Crippen molar-refractivity contribution in [3.63, 3.8) is 0 Å². The van der Waals surface area contributed by atoms with Gasteiger partial charge >= 0.3 is 0 Å². The van der Waals surface area contributed by atoms with Gasteiger partial charge in [0.25, 0.3) is 0 Å². The molecule has 1 saturated carbocycles. The predicted octanol–water partition coefficient (Wildman–Crippen LogP) is 4.20. The molecule has 0 unspecified atom stereocenters. The Balaban J connectivity index is 2.14. The van der Waals surface area contributed by atoms with Gasteiger partial charge in [-0.3, -0.25) is 0 Å². The molecule has 0 bridgehead atoms. The average molecular weight is 354 g/mol. The van der Waals surface area contributed by atoms with Crippen molar-refractivity contribution in [1.82, 2.24) is 0 Å². The number of ether oxygens (including phenoxy) is 2. The molecular formula is C14H27IO2. The lowest BCUT2D eigenvalue weighted by molar-refractivity contribution is -0.0767. The van der Waals surface area contributed by atoms with Gasteiger partial charge in [-0.2, -0.15) is 0 Å². The summed E-state index contributed by atoms with van der Waals surface area (Å²) in [5, 5.41) is 0. The van der Waals surface area contributed by atoms with E-state index in [4.69, 9.17) is 9.47 Å². The second-order valence-electron chi connectivity index (χ2n) is 5.31. The largest absolute Gasteiger partial charge is 0.379 e. The van der Waals surface area contributed by atoms with Crippen molar-refractivity contribution < 1.29 is 9.47 Å². The summed E-state index contributed by atoms with van der Waals surface area (Å²) in [7, 11) is 0. The van der Waals surface area contributed by atoms with Gasteiger partial charge in [-0.1, -0.05) is 42.9 Å². The normalized spacial score (nSPS) is 29.5. The summed E-state index contributed by atoms with van der Waals surface area (Å²) in [6, 6.07) is 0. The van der Waals surface area contributed by atoms with E-state index in [0.29, 0.717) is 0 Å². The van der Waals surface area contributed by atoms with E-state index in [2.05, 4.69) is 36.4 Å². The van der Waals surface area contributed by atoms with Gasteiger partial charge in [-0.15, -0.1) is 0 Å². The molecule has 0 aromatic rings. The van der Waals surface area contributed by atoms with Crippen LogP contribution in [0.3, 0.4) is 0 Å². The second kappa shape index (κ2) is 8.70. The Bertz CT molecular complexity index is 189. The van der Waals surface area contributed by atoms with Gasteiger partial charge in [0, 0.05) is 11.0 Å². The summed E-state index contributed by atoms with van der Waals surface area (Å²) < 4.78 is 12.8. The van der Waals surface area contributed by atoms with Gasteiger partial charge in [-0.05, 0) is 38.0 Å². The molecule has 3 heteroatoms. The third kappa shape index (κ3) is 5.88. The highest BCUT2D eigenvalue weighted by Crippen LogP contribution is 2.36. The van der Waals surface area contributed by atoms with Crippen LogP contribution in [0, 0.1) is 5.92 Å². The lowest BCUT2D eigenvalue weighted by Crippen LogP contribution is -2.39. The lowest BCUT2D eigenvalue weighted by Gasteiger charge is -2.38. The summed E-state index contributed by atoms with van der Waals surface area (Å²) in [6.45, 7) is 6.95. The molecule has 1 fully saturated rings. The number of hydrogen-bond acceptors (Lipinski definition) is 2. The molecule has 0 saturated heterocycles. The lowest BCUT2D eigenvalue weighted by atomic mass is 9.80. The predicted molar refractivity (Wildman–Crippen MR) is 80.9 cm³/mol. The van der Waals surface area contributed by atoms with E-state index in [1.165, 1.54) is 32.1 Å². The molecule has 0 aliphatic heterocycles. The first-order valence-corrected chi connectivity index (χ1v) is 8.52. The average Bonchev–Trinajstić information content (AvgIpc) is 2.36. The van der Waals surface area contributed by atoms with Crippen molar-refractivity contribution in [3.05, 3.63) is 0 Å². The number of hydrogen-bond donors (Lipinski definition) is 0. The van der Waals surface area contributed by atoms with Crippen molar-refractivity contribution in [2.24, 2.45) is 5.92 Å². The molecule has 1 aliphatic carbocycles. The van der Waals surface area contributed by atoms with Crippen LogP contribution in [-0.2, 0) is 9.47 Å². The van der Waals surface area contributed by atoms with Crippen LogP contribution in [0.4, 0.5) is 0 Å². The van der Waals surface area contributed by atoms with Crippen molar-refractivity contribution >= 4 is 22.6 Å². The fourth-order valence-electron chi connectivity index (χ4n) is 2.27. The zero-order valence-electron chi connectivity index (χ0n) is 11.3. The molecule has 0 spiro atoms. The van der Waals surface area contributed by atoms with Crippen LogP contribution in [0.2, 0.25) is 0 Å². The van der Waals surface area contributed by atoms with Gasteiger partial charge in [0.2, 0.25) is 0 Å². The van der Waals surface area contributed by atoms with E-state index in [-0.39, 0.29) is 5.60 Å². The van der Waals surface area contributed by atoms with Crippen LogP contribution >= 0.6 is 22.6 Å². The fraction of sp³-hybridized carbons (Fsp3) is 1.00. The Hall–Kier alpha value is 0.650. The maximum absolute atomic E-state index is 6.12. The zero-order chi connectivity index (χ0) is 12.6. The summed E-state index contributed by atoms with van der Waals surface area (Å²) in [5.41, 5.74) is 0.154. The van der Waals surface area contributed by atoms with Crippen LogP contribution in [0.15, 0.2) is 0 Å². The Morgan fingerprint density at radius 2 is 1.88 bits per heavy atom. The highest BCUT2D eigenvalue weighted by molar-refractivity contribution is 14.1. The summed E-state index contributed by atoms with van der Waals surface area (Å²) in [6.07, 6.45) is 7.46. The number of rotatable bonds is 8. The Morgan fingerprint density at radius 1 is 1.18 bits per heavy atom. The highest BCUT2D eigenvalue weighted by Gasteiger charge is 2.33. The standard InChI is InChI=1S/C14H27IO2/c1-3-4-9-16-10-11-17-14(12-15)7-5-13(2)6-8-14/h13H,3-12H2,1-2H3. The van der Waals surface area contributed by atoms with Gasteiger partial charge < -0.3 is 9.47 Å². The van der Waals surface area contributed by atoms with Gasteiger partial charge in [-0.25, -0.2) is 0 Å². The van der Waals surface area contributed by atoms with Crippen molar-refractivity contribution in [1.29, 1.82) is 0 Å². The molecule has 102 valence electrons. The van der Waals surface area contributed by atoms with Crippen LogP contribution in [-0.4, -0.2) is 29.8 Å². The summed E-state index contributed by atoms with van der Waals surface area (Å²) >= 11 is 2.48. The molecule has 0 aromatic carbocycles. The minimum Gasteiger partial charge on any atom is -0.379 e. The summed E-state index contributed by atoms with van der Waals surface area (Å²) in [5.74, 6) is 0.885. The van der Waals surface area contributed by atoms with Gasteiger partial charge in [0.05, 0.1) is 18.8 Å². The van der Waals surface area contributed by atoms with Crippen LogP contribution in [0.25, 0.3) is 0 Å². The van der Waals surface area contributed by atoms with E-state index < -0.39 is 0 Å². The Labute approximate surface area is 120 Å². The number of halogens is 1. The molecule has 1 rings (SSSR count). The quantitative estimate of drug-likeness (QED) is 0.369. The minimum absolute atomic E-state index is 0.154. The van der Waals surface area contributed by atoms with E-state index in [0.717, 1.165) is 36.6 Å². The molecule has 0 amide bonds. The van der Waals surface area contributed by atoms with Crippen molar-refractivity contribution in [2.45, 2.75) is 58.0 Å². The van der Waals surface area contributed by atoms with Crippen LogP contribution in [0.5, 0.6) is 0 Å². The first-order chi connectivity index (χ1) is 8.22. The van der Waals surface area contributed by atoms with E-state index >= 15 is 0 Å². The molecule has 0 radical (unpaired) electrons. The highest BCUT2D eigenvalue weighted by atomic mass is 127. The molecule has 2 nitrogen and oxygen atoms in total. The maximum Gasteiger partial charge on any atom is 0.0772 e. The molecule has 17 heavy (non-hydrogen) atoms. The van der Waals surface area contributed by atoms with E-state index in [9.17, 15) is 0 Å². The maximum atomic E-state index is 6.12. The van der Waals surface area contributed by atoms with Crippen molar-refractivity contribution in [2.75, 3.05) is 24.2 Å². The van der Waals surface area contributed by atoms with Crippen LogP contribution in [0.1, 0.15) is 52.4 Å². The van der Waals surface area contributed by atoms with Crippen molar-refractivity contribution in [3.8, 4) is 0 Å². The molecular weight excluding hydrogens is 327 g/mol. The molecule has 0 atom stereocenters. The number of alkyl halides is 1. The zero-order valence-corrected chi connectivity index (χ0v) is 13.5. The minimum atomic E-state index is 0.154. The SMILES string of the molecule is CCCCOCCOC1(CI)CCC(C)CC1. The first kappa shape index (κ1) is 15.7. The van der Waals surface area contributed by atoms with E-state index in [1.54, 1.807) is 0 Å².